The van der Waals surface area contributed by atoms with Gasteiger partial charge in [-0.2, -0.15) is 5.43 Å². The molecule has 2 saturated heterocycles. The SMILES string of the molecule is CN[N+]1(C)CC2CCC(CC2)C1. The average Bonchev–Trinajstić information content (AvgIpc) is 2.32. The van der Waals surface area contributed by atoms with Gasteiger partial charge in [-0.1, -0.05) is 0 Å². The summed E-state index contributed by atoms with van der Waals surface area (Å²) in [6, 6.07) is 0. The van der Waals surface area contributed by atoms with Crippen LogP contribution in [-0.2, 0) is 0 Å². The van der Waals surface area contributed by atoms with Crippen molar-refractivity contribution >= 4 is 0 Å². The van der Waals surface area contributed by atoms with Gasteiger partial charge in [-0.25, -0.2) is 4.59 Å². The zero-order valence-corrected chi connectivity index (χ0v) is 8.34. The normalized spacial score (nSPS) is 47.5. The number of hydrogen-bond donors (Lipinski definition) is 1. The summed E-state index contributed by atoms with van der Waals surface area (Å²) >= 11 is 0. The summed E-state index contributed by atoms with van der Waals surface area (Å²) in [7, 11) is 4.45. The summed E-state index contributed by atoms with van der Waals surface area (Å²) in [6.45, 7) is 2.71. The van der Waals surface area contributed by atoms with Crippen LogP contribution >= 0.6 is 0 Å². The molecule has 0 unspecified atom stereocenters. The molecule has 2 bridgehead atoms. The lowest BCUT2D eigenvalue weighted by Gasteiger charge is -2.32. The van der Waals surface area contributed by atoms with E-state index < -0.39 is 0 Å². The lowest BCUT2D eigenvalue weighted by Crippen LogP contribution is -2.55. The summed E-state index contributed by atoms with van der Waals surface area (Å²) < 4.78 is 1.11. The van der Waals surface area contributed by atoms with Crippen LogP contribution in [0, 0.1) is 11.8 Å². The van der Waals surface area contributed by atoms with Crippen LogP contribution in [0.3, 0.4) is 0 Å². The topological polar surface area (TPSA) is 12.0 Å². The minimum absolute atomic E-state index is 1.00. The van der Waals surface area contributed by atoms with Crippen molar-refractivity contribution in [2.45, 2.75) is 25.7 Å². The van der Waals surface area contributed by atoms with Crippen molar-refractivity contribution in [3.05, 3.63) is 0 Å². The van der Waals surface area contributed by atoms with Gasteiger partial charge in [0.05, 0.1) is 20.1 Å². The highest BCUT2D eigenvalue weighted by Gasteiger charge is 2.37. The molecule has 2 heteroatoms. The molecule has 2 heterocycles. The van der Waals surface area contributed by atoms with Gasteiger partial charge < -0.3 is 0 Å². The Kier molecular flexibility index (Phi) is 2.13. The first-order valence-electron chi connectivity index (χ1n) is 5.25. The molecule has 0 aromatic heterocycles. The number of rotatable bonds is 1. The predicted octanol–water partition coefficient (Wildman–Crippen LogP) is 1.39. The minimum Gasteiger partial charge on any atom is -0.248 e. The largest absolute Gasteiger partial charge is 0.248 e. The zero-order chi connectivity index (χ0) is 8.60. The van der Waals surface area contributed by atoms with Gasteiger partial charge in [0.25, 0.3) is 0 Å². The molecule has 2 aliphatic heterocycles. The van der Waals surface area contributed by atoms with Crippen LogP contribution in [-0.4, -0.2) is 31.8 Å². The Balaban J connectivity index is 2.11. The molecule has 70 valence electrons. The van der Waals surface area contributed by atoms with Crippen molar-refractivity contribution in [1.29, 1.82) is 0 Å². The maximum Gasteiger partial charge on any atom is 0.0988 e. The maximum atomic E-state index is 3.46. The molecule has 0 atom stereocenters. The van der Waals surface area contributed by atoms with Crippen molar-refractivity contribution in [3.8, 4) is 0 Å². The highest BCUT2D eigenvalue weighted by atomic mass is 15.6. The minimum atomic E-state index is 1.00. The third kappa shape index (κ3) is 1.50. The molecule has 3 rings (SSSR count). The first kappa shape index (κ1) is 8.52. The fraction of sp³-hybridized carbons (Fsp3) is 1.00. The van der Waals surface area contributed by atoms with Crippen LogP contribution in [0.2, 0.25) is 0 Å². The van der Waals surface area contributed by atoms with Crippen LogP contribution in [0.1, 0.15) is 25.7 Å². The van der Waals surface area contributed by atoms with Crippen molar-refractivity contribution in [2.24, 2.45) is 11.8 Å². The first-order chi connectivity index (χ1) is 5.72. The quantitative estimate of drug-likeness (QED) is 0.585. The summed E-state index contributed by atoms with van der Waals surface area (Å²) in [5.41, 5.74) is 3.46. The van der Waals surface area contributed by atoms with Crippen LogP contribution < -0.4 is 5.43 Å². The van der Waals surface area contributed by atoms with Gasteiger partial charge in [-0.3, -0.25) is 0 Å². The van der Waals surface area contributed by atoms with Crippen molar-refractivity contribution in [2.75, 3.05) is 27.2 Å². The Labute approximate surface area is 75.5 Å². The summed E-state index contributed by atoms with van der Waals surface area (Å²) in [5, 5.41) is 0. The Morgan fingerprint density at radius 3 is 1.75 bits per heavy atom. The van der Waals surface area contributed by atoms with Crippen molar-refractivity contribution < 1.29 is 4.59 Å². The second kappa shape index (κ2) is 3.00. The molecule has 2 nitrogen and oxygen atoms in total. The molecule has 12 heavy (non-hydrogen) atoms. The standard InChI is InChI=1S/C10H21N2/c1-11-12(2)7-9-3-4-10(8-12)6-5-9/h9-11H,3-8H2,1-2H3/q+1. The average molecular weight is 169 g/mol. The molecule has 1 aliphatic carbocycles. The number of quaternary nitrogens is 1. The molecule has 1 N–H and O–H groups in total. The number of hydrogen-bond acceptors (Lipinski definition) is 1. The second-order valence-electron chi connectivity index (χ2n) is 4.87. The van der Waals surface area contributed by atoms with Crippen LogP contribution in [0.15, 0.2) is 0 Å². The van der Waals surface area contributed by atoms with Gasteiger partial charge >= 0.3 is 0 Å². The van der Waals surface area contributed by atoms with Gasteiger partial charge in [0.1, 0.15) is 0 Å². The first-order valence-corrected chi connectivity index (χ1v) is 5.25. The van der Waals surface area contributed by atoms with E-state index in [1.165, 1.54) is 38.8 Å². The van der Waals surface area contributed by atoms with E-state index in [0.29, 0.717) is 0 Å². The highest BCUT2D eigenvalue weighted by molar-refractivity contribution is 4.75. The summed E-state index contributed by atoms with van der Waals surface area (Å²) in [6.07, 6.45) is 5.95. The Morgan fingerprint density at radius 2 is 1.42 bits per heavy atom. The second-order valence-corrected chi connectivity index (χ2v) is 4.87. The lowest BCUT2D eigenvalue weighted by atomic mass is 9.84. The molecule has 3 fully saturated rings. The van der Waals surface area contributed by atoms with Gasteiger partial charge in [-0.15, -0.1) is 0 Å². The Hall–Kier alpha value is -0.0800. The highest BCUT2D eigenvalue weighted by Crippen LogP contribution is 2.35. The molecule has 0 spiro atoms. The molecular weight excluding hydrogens is 148 g/mol. The van der Waals surface area contributed by atoms with Crippen molar-refractivity contribution in [3.63, 3.8) is 0 Å². The van der Waals surface area contributed by atoms with E-state index in [1.807, 2.05) is 0 Å². The molecule has 0 aromatic carbocycles. The van der Waals surface area contributed by atoms with E-state index in [4.69, 9.17) is 0 Å². The van der Waals surface area contributed by atoms with Gasteiger partial charge in [-0.05, 0) is 25.7 Å². The smallest absolute Gasteiger partial charge is 0.0988 e. The molecule has 0 radical (unpaired) electrons. The van der Waals surface area contributed by atoms with Crippen LogP contribution in [0.5, 0.6) is 0 Å². The van der Waals surface area contributed by atoms with E-state index in [0.717, 1.165) is 16.4 Å². The van der Waals surface area contributed by atoms with E-state index in [-0.39, 0.29) is 0 Å². The lowest BCUT2D eigenvalue weighted by molar-refractivity contribution is -0.953. The van der Waals surface area contributed by atoms with Gasteiger partial charge in [0, 0.05) is 18.9 Å². The van der Waals surface area contributed by atoms with E-state index in [2.05, 4.69) is 19.5 Å². The number of nitrogens with one attached hydrogen (secondary N) is 1. The van der Waals surface area contributed by atoms with Gasteiger partial charge in [0.2, 0.25) is 0 Å². The van der Waals surface area contributed by atoms with Gasteiger partial charge in [0.15, 0.2) is 0 Å². The third-order valence-electron chi connectivity index (χ3n) is 3.83. The molecule has 0 aromatic rings. The van der Waals surface area contributed by atoms with E-state index in [1.54, 1.807) is 0 Å². The van der Waals surface area contributed by atoms with E-state index >= 15 is 0 Å². The Bertz CT molecular complexity index is 145. The molecule has 0 amide bonds. The fourth-order valence-corrected chi connectivity index (χ4v) is 2.99. The number of nitrogens with zero attached hydrogens (tertiary/aromatic N) is 1. The predicted molar refractivity (Wildman–Crippen MR) is 50.4 cm³/mol. The third-order valence-corrected chi connectivity index (χ3v) is 3.83. The summed E-state index contributed by atoms with van der Waals surface area (Å²) in [4.78, 5) is 0. The fourth-order valence-electron chi connectivity index (χ4n) is 2.99. The van der Waals surface area contributed by atoms with Crippen LogP contribution in [0.25, 0.3) is 0 Å². The number of fused-ring (bicyclic) bond motifs is 4. The maximum absolute atomic E-state index is 3.46. The molecular formula is C10H21N2+. The molecule has 1 saturated carbocycles. The zero-order valence-electron chi connectivity index (χ0n) is 8.34. The molecule has 3 aliphatic rings. The van der Waals surface area contributed by atoms with Crippen LogP contribution in [0.4, 0.5) is 0 Å². The van der Waals surface area contributed by atoms with E-state index in [9.17, 15) is 0 Å². The van der Waals surface area contributed by atoms with Crippen molar-refractivity contribution in [1.82, 2.24) is 5.43 Å². The monoisotopic (exact) mass is 169 g/mol. The summed E-state index contributed by atoms with van der Waals surface area (Å²) in [5.74, 6) is 2.00. The Morgan fingerprint density at radius 1 is 1.00 bits per heavy atom.